The Hall–Kier alpha value is -2.14. The number of ether oxygens (including phenoxy) is 1. The van der Waals surface area contributed by atoms with Gasteiger partial charge in [-0.2, -0.15) is 0 Å². The number of benzene rings is 1. The molecular formula is C16H20N4O. The van der Waals surface area contributed by atoms with Gasteiger partial charge in [0.25, 0.3) is 0 Å². The Labute approximate surface area is 125 Å². The molecule has 0 spiro atoms. The number of hydrogen-bond donors (Lipinski definition) is 1. The summed E-state index contributed by atoms with van der Waals surface area (Å²) in [4.78, 5) is 10.7. The average Bonchev–Trinajstić information content (AvgIpc) is 2.84. The van der Waals surface area contributed by atoms with Crippen LogP contribution in [0, 0.1) is 0 Å². The molecule has 5 heteroatoms. The number of hydrogen-bond acceptors (Lipinski definition) is 5. The molecular weight excluding hydrogens is 264 g/mol. The van der Waals surface area contributed by atoms with Crippen LogP contribution in [0.15, 0.2) is 42.7 Å². The number of anilines is 1. The monoisotopic (exact) mass is 284 g/mol. The Bertz CT molecular complexity index is 536. The molecule has 0 amide bonds. The Morgan fingerprint density at radius 3 is 2.67 bits per heavy atom. The van der Waals surface area contributed by atoms with Crippen LogP contribution in [0.3, 0.4) is 0 Å². The maximum atomic E-state index is 5.70. The van der Waals surface area contributed by atoms with Gasteiger partial charge in [-0.25, -0.2) is 9.97 Å². The molecule has 0 radical (unpaired) electrons. The third-order valence-electron chi connectivity index (χ3n) is 3.53. The minimum absolute atomic E-state index is 0.397. The van der Waals surface area contributed by atoms with E-state index in [1.807, 2.05) is 12.1 Å². The Morgan fingerprint density at radius 2 is 1.86 bits per heavy atom. The van der Waals surface area contributed by atoms with Gasteiger partial charge in [0.05, 0.1) is 0 Å². The predicted molar refractivity (Wildman–Crippen MR) is 82.5 cm³/mol. The van der Waals surface area contributed by atoms with E-state index < -0.39 is 0 Å². The van der Waals surface area contributed by atoms with E-state index in [1.54, 1.807) is 18.5 Å². The molecule has 0 aliphatic carbocycles. The van der Waals surface area contributed by atoms with Crippen molar-refractivity contribution in [1.82, 2.24) is 15.3 Å². The molecule has 2 heterocycles. The second-order valence-corrected chi connectivity index (χ2v) is 5.04. The van der Waals surface area contributed by atoms with Crippen molar-refractivity contribution < 1.29 is 4.74 Å². The molecule has 2 aromatic rings. The minimum Gasteiger partial charge on any atom is -0.486 e. The first-order chi connectivity index (χ1) is 10.4. The van der Waals surface area contributed by atoms with Gasteiger partial charge >= 0.3 is 0 Å². The lowest BCUT2D eigenvalue weighted by molar-refractivity contribution is 0.296. The summed E-state index contributed by atoms with van der Waals surface area (Å²) in [7, 11) is 0. The zero-order valence-corrected chi connectivity index (χ0v) is 12.0. The molecule has 5 nitrogen and oxygen atoms in total. The van der Waals surface area contributed by atoms with E-state index in [0.717, 1.165) is 31.9 Å². The molecule has 3 rings (SSSR count). The van der Waals surface area contributed by atoms with Gasteiger partial charge in [0, 0.05) is 37.7 Å². The fourth-order valence-corrected chi connectivity index (χ4v) is 2.41. The van der Waals surface area contributed by atoms with Crippen molar-refractivity contribution in [2.75, 3.05) is 31.1 Å². The van der Waals surface area contributed by atoms with Crippen LogP contribution in [0.4, 0.5) is 5.69 Å². The van der Waals surface area contributed by atoms with E-state index in [-0.39, 0.29) is 0 Å². The standard InChI is InChI=1S/C16H20N4O/c1-8-18-16(19-9-1)13-21-15-5-3-14(4-6-15)20-11-2-7-17-10-12-20/h1,3-6,8-9,17H,2,7,10-13H2. The Kier molecular flexibility index (Phi) is 4.63. The molecule has 1 aliphatic heterocycles. The Morgan fingerprint density at radius 1 is 1.05 bits per heavy atom. The summed E-state index contributed by atoms with van der Waals surface area (Å²) < 4.78 is 5.70. The number of nitrogens with one attached hydrogen (secondary N) is 1. The maximum Gasteiger partial charge on any atom is 0.166 e. The van der Waals surface area contributed by atoms with Crippen LogP contribution >= 0.6 is 0 Å². The van der Waals surface area contributed by atoms with Gasteiger partial charge < -0.3 is 15.0 Å². The van der Waals surface area contributed by atoms with Crippen LogP contribution in [0.5, 0.6) is 5.75 Å². The SMILES string of the molecule is c1cnc(COc2ccc(N3CCCNCC3)cc2)nc1. The van der Waals surface area contributed by atoms with Crippen LogP contribution in [-0.4, -0.2) is 36.1 Å². The van der Waals surface area contributed by atoms with Crippen molar-refractivity contribution >= 4 is 5.69 Å². The van der Waals surface area contributed by atoms with Crippen LogP contribution in [0.2, 0.25) is 0 Å². The number of nitrogens with zero attached hydrogens (tertiary/aromatic N) is 3. The van der Waals surface area contributed by atoms with Gasteiger partial charge in [-0.1, -0.05) is 0 Å². The lowest BCUT2D eigenvalue weighted by Crippen LogP contribution is -2.27. The van der Waals surface area contributed by atoms with E-state index >= 15 is 0 Å². The summed E-state index contributed by atoms with van der Waals surface area (Å²) in [6, 6.07) is 10.1. The van der Waals surface area contributed by atoms with Crippen molar-refractivity contribution in [3.05, 3.63) is 48.5 Å². The first-order valence-electron chi connectivity index (χ1n) is 7.36. The lowest BCUT2D eigenvalue weighted by Gasteiger charge is -2.22. The predicted octanol–water partition coefficient (Wildman–Crippen LogP) is 1.86. The largest absolute Gasteiger partial charge is 0.486 e. The molecule has 1 aliphatic rings. The fourth-order valence-electron chi connectivity index (χ4n) is 2.41. The average molecular weight is 284 g/mol. The third kappa shape index (κ3) is 3.92. The Balaban J connectivity index is 1.58. The summed E-state index contributed by atoms with van der Waals surface area (Å²) in [5, 5.41) is 3.42. The second kappa shape index (κ2) is 7.04. The van der Waals surface area contributed by atoms with E-state index in [4.69, 9.17) is 4.74 Å². The highest BCUT2D eigenvalue weighted by Gasteiger charge is 2.09. The van der Waals surface area contributed by atoms with E-state index in [2.05, 4.69) is 32.3 Å². The van der Waals surface area contributed by atoms with Crippen molar-refractivity contribution in [1.29, 1.82) is 0 Å². The number of aromatic nitrogens is 2. The molecule has 1 N–H and O–H groups in total. The molecule has 0 saturated carbocycles. The topological polar surface area (TPSA) is 50.3 Å². The normalized spacial score (nSPS) is 15.5. The van der Waals surface area contributed by atoms with Crippen LogP contribution < -0.4 is 15.0 Å². The summed E-state index contributed by atoms with van der Waals surface area (Å²) in [6.07, 6.45) is 4.63. The van der Waals surface area contributed by atoms with Crippen molar-refractivity contribution in [2.45, 2.75) is 13.0 Å². The van der Waals surface area contributed by atoms with Crippen LogP contribution in [-0.2, 0) is 6.61 Å². The van der Waals surface area contributed by atoms with E-state index in [9.17, 15) is 0 Å². The molecule has 21 heavy (non-hydrogen) atoms. The second-order valence-electron chi connectivity index (χ2n) is 5.04. The fraction of sp³-hybridized carbons (Fsp3) is 0.375. The molecule has 1 saturated heterocycles. The first kappa shape index (κ1) is 13.8. The quantitative estimate of drug-likeness (QED) is 0.928. The number of rotatable bonds is 4. The molecule has 0 bridgehead atoms. The highest BCUT2D eigenvalue weighted by molar-refractivity contribution is 5.49. The van der Waals surface area contributed by atoms with Gasteiger partial charge in [-0.05, 0) is 43.3 Å². The maximum absolute atomic E-state index is 5.70. The van der Waals surface area contributed by atoms with Crippen LogP contribution in [0.1, 0.15) is 12.2 Å². The first-order valence-corrected chi connectivity index (χ1v) is 7.36. The summed E-state index contributed by atoms with van der Waals surface area (Å²) in [5.41, 5.74) is 1.25. The van der Waals surface area contributed by atoms with E-state index in [1.165, 1.54) is 12.1 Å². The third-order valence-corrected chi connectivity index (χ3v) is 3.53. The molecule has 1 aromatic carbocycles. The lowest BCUT2D eigenvalue weighted by atomic mass is 10.2. The summed E-state index contributed by atoms with van der Waals surface area (Å²) >= 11 is 0. The van der Waals surface area contributed by atoms with Crippen LogP contribution in [0.25, 0.3) is 0 Å². The molecule has 110 valence electrons. The van der Waals surface area contributed by atoms with Crippen molar-refractivity contribution in [2.24, 2.45) is 0 Å². The van der Waals surface area contributed by atoms with Gasteiger partial charge in [0.2, 0.25) is 0 Å². The smallest absolute Gasteiger partial charge is 0.166 e. The van der Waals surface area contributed by atoms with Crippen molar-refractivity contribution in [3.8, 4) is 5.75 Å². The van der Waals surface area contributed by atoms with Gasteiger partial charge in [0.15, 0.2) is 5.82 Å². The highest BCUT2D eigenvalue weighted by Crippen LogP contribution is 2.20. The highest BCUT2D eigenvalue weighted by atomic mass is 16.5. The summed E-state index contributed by atoms with van der Waals surface area (Å²) in [6.45, 7) is 4.70. The minimum atomic E-state index is 0.397. The summed E-state index contributed by atoms with van der Waals surface area (Å²) in [5.74, 6) is 1.54. The molecule has 0 unspecified atom stereocenters. The molecule has 1 aromatic heterocycles. The molecule has 1 fully saturated rings. The zero-order valence-electron chi connectivity index (χ0n) is 12.0. The zero-order chi connectivity index (χ0) is 14.3. The van der Waals surface area contributed by atoms with Crippen molar-refractivity contribution in [3.63, 3.8) is 0 Å². The molecule has 0 atom stereocenters. The van der Waals surface area contributed by atoms with Gasteiger partial charge in [0.1, 0.15) is 12.4 Å². The van der Waals surface area contributed by atoms with Gasteiger partial charge in [-0.3, -0.25) is 0 Å². The van der Waals surface area contributed by atoms with E-state index in [0.29, 0.717) is 12.4 Å². The van der Waals surface area contributed by atoms with Gasteiger partial charge in [-0.15, -0.1) is 0 Å².